The molecule has 1 aliphatic heterocycles. The van der Waals surface area contributed by atoms with Gasteiger partial charge in [0.2, 0.25) is 0 Å². The van der Waals surface area contributed by atoms with E-state index in [-0.39, 0.29) is 12.1 Å². The zero-order valence-electron chi connectivity index (χ0n) is 8.71. The quantitative estimate of drug-likeness (QED) is 0.496. The summed E-state index contributed by atoms with van der Waals surface area (Å²) in [6, 6.07) is 0. The van der Waals surface area contributed by atoms with E-state index in [2.05, 4.69) is 13.8 Å². The summed E-state index contributed by atoms with van der Waals surface area (Å²) >= 11 is 0. The van der Waals surface area contributed by atoms with E-state index < -0.39 is 0 Å². The second-order valence-electron chi connectivity index (χ2n) is 4.15. The van der Waals surface area contributed by atoms with Crippen LogP contribution in [-0.2, 0) is 9.53 Å². The van der Waals surface area contributed by atoms with Gasteiger partial charge in [-0.15, -0.1) is 0 Å². The normalized spacial score (nSPS) is 28.6. The summed E-state index contributed by atoms with van der Waals surface area (Å²) in [6.45, 7) is 4.32. The molecular weight excluding hydrogens is 164 g/mol. The predicted molar refractivity (Wildman–Crippen MR) is 52.4 cm³/mol. The van der Waals surface area contributed by atoms with E-state index in [1.807, 2.05) is 0 Å². The number of cyclic esters (lactones) is 1. The Labute approximate surface area is 80.7 Å². The Hall–Kier alpha value is -0.530. The van der Waals surface area contributed by atoms with Gasteiger partial charge < -0.3 is 4.74 Å². The van der Waals surface area contributed by atoms with Crippen LogP contribution in [0.4, 0.5) is 0 Å². The van der Waals surface area contributed by atoms with E-state index >= 15 is 0 Å². The van der Waals surface area contributed by atoms with Crippen molar-refractivity contribution in [1.29, 1.82) is 0 Å². The Morgan fingerprint density at radius 2 is 2.23 bits per heavy atom. The number of carbonyl (C=O) groups is 1. The highest BCUT2D eigenvalue weighted by molar-refractivity contribution is 5.70. The van der Waals surface area contributed by atoms with Crippen LogP contribution in [0.15, 0.2) is 0 Å². The van der Waals surface area contributed by atoms with Crippen LogP contribution in [0.3, 0.4) is 0 Å². The molecule has 0 saturated carbocycles. The molecule has 0 amide bonds. The molecule has 13 heavy (non-hydrogen) atoms. The smallest absolute Gasteiger partial charge is 0.306 e. The molecule has 2 unspecified atom stereocenters. The van der Waals surface area contributed by atoms with Crippen LogP contribution in [0.2, 0.25) is 0 Å². The molecule has 0 aromatic rings. The molecule has 0 spiro atoms. The second kappa shape index (κ2) is 5.25. The van der Waals surface area contributed by atoms with E-state index in [4.69, 9.17) is 4.74 Å². The standard InChI is InChI=1S/C11H20O2/c1-3-4-5-6-10-7-9(2)8-11(12)13-10/h9-10H,3-8H2,1-2H3. The maximum Gasteiger partial charge on any atom is 0.306 e. The lowest BCUT2D eigenvalue weighted by Crippen LogP contribution is -2.28. The molecule has 0 bridgehead atoms. The first-order chi connectivity index (χ1) is 6.22. The van der Waals surface area contributed by atoms with Crippen molar-refractivity contribution in [3.8, 4) is 0 Å². The van der Waals surface area contributed by atoms with Gasteiger partial charge in [-0.25, -0.2) is 0 Å². The summed E-state index contributed by atoms with van der Waals surface area (Å²) in [5.41, 5.74) is 0. The van der Waals surface area contributed by atoms with Gasteiger partial charge in [-0.1, -0.05) is 26.7 Å². The summed E-state index contributed by atoms with van der Waals surface area (Å²) in [4.78, 5) is 11.1. The minimum absolute atomic E-state index is 0.000230. The highest BCUT2D eigenvalue weighted by Crippen LogP contribution is 2.23. The van der Waals surface area contributed by atoms with Crippen LogP contribution in [0, 0.1) is 5.92 Å². The van der Waals surface area contributed by atoms with Crippen LogP contribution in [0.1, 0.15) is 52.4 Å². The molecule has 2 heteroatoms. The molecule has 0 aliphatic carbocycles. The van der Waals surface area contributed by atoms with Crippen LogP contribution < -0.4 is 0 Å². The zero-order valence-corrected chi connectivity index (χ0v) is 8.71. The molecule has 2 nitrogen and oxygen atoms in total. The average molecular weight is 184 g/mol. The van der Waals surface area contributed by atoms with E-state index in [9.17, 15) is 4.79 Å². The van der Waals surface area contributed by atoms with E-state index in [1.54, 1.807) is 0 Å². The topological polar surface area (TPSA) is 26.3 Å². The molecule has 1 heterocycles. The zero-order chi connectivity index (χ0) is 9.68. The van der Waals surface area contributed by atoms with Gasteiger partial charge in [0, 0.05) is 6.42 Å². The van der Waals surface area contributed by atoms with Crippen LogP contribution in [-0.4, -0.2) is 12.1 Å². The van der Waals surface area contributed by atoms with Crippen LogP contribution in [0.5, 0.6) is 0 Å². The van der Waals surface area contributed by atoms with Crippen molar-refractivity contribution < 1.29 is 9.53 Å². The van der Waals surface area contributed by atoms with E-state index in [0.29, 0.717) is 12.3 Å². The third kappa shape index (κ3) is 3.79. The highest BCUT2D eigenvalue weighted by atomic mass is 16.5. The molecule has 1 aliphatic rings. The SMILES string of the molecule is CCCCCC1CC(C)CC(=O)O1. The van der Waals surface area contributed by atoms with Gasteiger partial charge in [0.25, 0.3) is 0 Å². The molecular formula is C11H20O2. The largest absolute Gasteiger partial charge is 0.462 e. The molecule has 2 atom stereocenters. The Balaban J connectivity index is 2.21. The van der Waals surface area contributed by atoms with Gasteiger partial charge in [-0.3, -0.25) is 4.79 Å². The molecule has 1 saturated heterocycles. The maximum atomic E-state index is 11.1. The molecule has 1 fully saturated rings. The van der Waals surface area contributed by atoms with Crippen molar-refractivity contribution in [3.63, 3.8) is 0 Å². The lowest BCUT2D eigenvalue weighted by molar-refractivity contribution is -0.156. The van der Waals surface area contributed by atoms with Gasteiger partial charge in [-0.05, 0) is 25.2 Å². The summed E-state index contributed by atoms with van der Waals surface area (Å²) < 4.78 is 5.26. The fourth-order valence-electron chi connectivity index (χ4n) is 1.90. The Kier molecular flexibility index (Phi) is 4.26. The summed E-state index contributed by atoms with van der Waals surface area (Å²) in [5, 5.41) is 0. The van der Waals surface area contributed by atoms with Crippen molar-refractivity contribution in [3.05, 3.63) is 0 Å². The monoisotopic (exact) mass is 184 g/mol. The number of hydrogen-bond acceptors (Lipinski definition) is 2. The summed E-state index contributed by atoms with van der Waals surface area (Å²) in [7, 11) is 0. The molecule has 0 aromatic carbocycles. The minimum atomic E-state index is 0.000230. The third-order valence-corrected chi connectivity index (χ3v) is 2.61. The average Bonchev–Trinajstić information content (AvgIpc) is 2.03. The van der Waals surface area contributed by atoms with Crippen molar-refractivity contribution in [2.24, 2.45) is 5.92 Å². The third-order valence-electron chi connectivity index (χ3n) is 2.61. The van der Waals surface area contributed by atoms with Crippen molar-refractivity contribution >= 4 is 5.97 Å². The van der Waals surface area contributed by atoms with Gasteiger partial charge >= 0.3 is 5.97 Å². The second-order valence-corrected chi connectivity index (χ2v) is 4.15. The van der Waals surface area contributed by atoms with Crippen molar-refractivity contribution in [2.45, 2.75) is 58.5 Å². The number of unbranched alkanes of at least 4 members (excludes halogenated alkanes) is 2. The van der Waals surface area contributed by atoms with Gasteiger partial charge in [0.1, 0.15) is 6.10 Å². The molecule has 0 aromatic heterocycles. The number of esters is 1. The van der Waals surface area contributed by atoms with Crippen LogP contribution in [0.25, 0.3) is 0 Å². The molecule has 1 rings (SSSR count). The predicted octanol–water partition coefficient (Wildman–Crippen LogP) is 2.91. The number of rotatable bonds is 4. The van der Waals surface area contributed by atoms with E-state index in [1.165, 1.54) is 19.3 Å². The first-order valence-corrected chi connectivity index (χ1v) is 5.41. The Morgan fingerprint density at radius 3 is 2.85 bits per heavy atom. The summed E-state index contributed by atoms with van der Waals surface area (Å²) in [6.07, 6.45) is 6.63. The maximum absolute atomic E-state index is 11.1. The van der Waals surface area contributed by atoms with Crippen molar-refractivity contribution in [2.75, 3.05) is 0 Å². The lowest BCUT2D eigenvalue weighted by Gasteiger charge is -2.26. The highest BCUT2D eigenvalue weighted by Gasteiger charge is 2.24. The molecule has 0 N–H and O–H groups in total. The Bertz CT molecular complexity index is 165. The van der Waals surface area contributed by atoms with Gasteiger partial charge in [0.05, 0.1) is 0 Å². The molecule has 76 valence electrons. The van der Waals surface area contributed by atoms with Gasteiger partial charge in [-0.2, -0.15) is 0 Å². The van der Waals surface area contributed by atoms with Gasteiger partial charge in [0.15, 0.2) is 0 Å². The molecule has 0 radical (unpaired) electrons. The number of ether oxygens (including phenoxy) is 1. The fourth-order valence-corrected chi connectivity index (χ4v) is 1.90. The Morgan fingerprint density at radius 1 is 1.46 bits per heavy atom. The minimum Gasteiger partial charge on any atom is -0.462 e. The fraction of sp³-hybridized carbons (Fsp3) is 0.909. The number of carbonyl (C=O) groups excluding carboxylic acids is 1. The first-order valence-electron chi connectivity index (χ1n) is 5.41. The van der Waals surface area contributed by atoms with Crippen LogP contribution >= 0.6 is 0 Å². The number of hydrogen-bond donors (Lipinski definition) is 0. The van der Waals surface area contributed by atoms with E-state index in [0.717, 1.165) is 12.8 Å². The lowest BCUT2D eigenvalue weighted by atomic mass is 9.94. The summed E-state index contributed by atoms with van der Waals surface area (Å²) in [5.74, 6) is 0.521. The first kappa shape index (κ1) is 10.6. The van der Waals surface area contributed by atoms with Crippen molar-refractivity contribution in [1.82, 2.24) is 0 Å².